The first-order chi connectivity index (χ1) is 15.2. The molecule has 6 heteroatoms. The number of hydrogen-bond acceptors (Lipinski definition) is 3. The third-order valence-corrected chi connectivity index (χ3v) is 7.20. The largest absolute Gasteiger partial charge is 0.494 e. The molecule has 0 unspecified atom stereocenters. The fourth-order valence-electron chi connectivity index (χ4n) is 5.79. The van der Waals surface area contributed by atoms with Crippen LogP contribution in [0.5, 0.6) is 5.88 Å². The third-order valence-electron chi connectivity index (χ3n) is 7.20. The zero-order chi connectivity index (χ0) is 20.9. The van der Waals surface area contributed by atoms with Crippen molar-refractivity contribution >= 4 is 54.4 Å². The number of para-hydroxylation sites is 2. The van der Waals surface area contributed by atoms with Crippen LogP contribution in [0.2, 0.25) is 0 Å². The predicted molar refractivity (Wildman–Crippen MR) is 123 cm³/mol. The number of nitrogens with zero attached hydrogens (tertiary/aromatic N) is 2. The summed E-state index contributed by atoms with van der Waals surface area (Å²) in [5, 5.41) is 37.8. The van der Waals surface area contributed by atoms with E-state index in [-0.39, 0.29) is 19.1 Å². The maximum Gasteiger partial charge on any atom is 0.197 e. The monoisotopic (exact) mass is 411 g/mol. The van der Waals surface area contributed by atoms with E-state index in [0.29, 0.717) is 13.1 Å². The molecule has 0 radical (unpaired) electrons. The Balaban J connectivity index is 1.89. The van der Waals surface area contributed by atoms with Gasteiger partial charge in [0.2, 0.25) is 0 Å². The molecule has 6 aromatic rings. The molecule has 0 saturated carbocycles. The van der Waals surface area contributed by atoms with E-state index in [1.807, 2.05) is 30.5 Å². The summed E-state index contributed by atoms with van der Waals surface area (Å²) in [7, 11) is 0. The molecule has 0 saturated heterocycles. The fraction of sp³-hybridized carbons (Fsp3) is 0.200. The smallest absolute Gasteiger partial charge is 0.197 e. The van der Waals surface area contributed by atoms with Gasteiger partial charge in [0.25, 0.3) is 0 Å². The number of benzene rings is 3. The molecule has 3 aromatic carbocycles. The number of aliphatic hydroxyl groups excluding tert-OH is 2. The number of H-pyrrole nitrogens is 1. The van der Waals surface area contributed by atoms with Crippen LogP contribution in [0.15, 0.2) is 54.7 Å². The van der Waals surface area contributed by atoms with Crippen LogP contribution in [0.1, 0.15) is 0 Å². The van der Waals surface area contributed by atoms with Crippen molar-refractivity contribution in [1.29, 1.82) is 0 Å². The number of aromatic nitrogens is 3. The molecule has 0 fully saturated rings. The van der Waals surface area contributed by atoms with Gasteiger partial charge in [-0.05, 0) is 12.1 Å². The average Bonchev–Trinajstić information content (AvgIpc) is 3.40. The number of aromatic hydroxyl groups is 1. The van der Waals surface area contributed by atoms with E-state index in [1.165, 1.54) is 0 Å². The normalized spacial score (nSPS) is 15.8. The summed E-state index contributed by atoms with van der Waals surface area (Å²) in [6, 6.07) is 16.4. The third kappa shape index (κ3) is 1.90. The SMILES string of the molecule is OCC1(CO)Cn2c3ccccc3c3c4c[nH]c(O)c4c4c5ccccc5n(c4c32)C1. The van der Waals surface area contributed by atoms with E-state index >= 15 is 0 Å². The van der Waals surface area contributed by atoms with Crippen LogP contribution in [-0.4, -0.2) is 42.7 Å². The Morgan fingerprint density at radius 3 is 1.90 bits per heavy atom. The molecule has 0 spiro atoms. The minimum atomic E-state index is -0.708. The highest BCUT2D eigenvalue weighted by Crippen LogP contribution is 2.49. The van der Waals surface area contributed by atoms with Gasteiger partial charge in [0.1, 0.15) is 0 Å². The Kier molecular flexibility index (Phi) is 3.11. The molecule has 1 aliphatic rings. The highest BCUT2D eigenvalue weighted by atomic mass is 16.3. The van der Waals surface area contributed by atoms with E-state index in [4.69, 9.17) is 0 Å². The number of fused-ring (bicyclic) bond motifs is 9. The summed E-state index contributed by atoms with van der Waals surface area (Å²) in [5.41, 5.74) is 3.52. The van der Waals surface area contributed by atoms with E-state index in [1.54, 1.807) is 0 Å². The van der Waals surface area contributed by atoms with Crippen molar-refractivity contribution < 1.29 is 15.3 Å². The first kappa shape index (κ1) is 17.2. The number of aliphatic hydroxyl groups is 2. The van der Waals surface area contributed by atoms with Crippen LogP contribution in [0.25, 0.3) is 54.4 Å². The fourth-order valence-corrected chi connectivity index (χ4v) is 5.79. The first-order valence-electron chi connectivity index (χ1n) is 10.5. The zero-order valence-corrected chi connectivity index (χ0v) is 16.8. The predicted octanol–water partition coefficient (Wildman–Crippen LogP) is 4.07. The van der Waals surface area contributed by atoms with Crippen LogP contribution in [0, 0.1) is 5.41 Å². The highest BCUT2D eigenvalue weighted by Gasteiger charge is 2.37. The van der Waals surface area contributed by atoms with Crippen molar-refractivity contribution in [2.24, 2.45) is 5.41 Å². The summed E-state index contributed by atoms with van der Waals surface area (Å²) in [6.45, 7) is 0.761. The van der Waals surface area contributed by atoms with Crippen LogP contribution in [-0.2, 0) is 13.1 Å². The molecule has 0 atom stereocenters. The van der Waals surface area contributed by atoms with Gasteiger partial charge < -0.3 is 29.4 Å². The number of rotatable bonds is 2. The van der Waals surface area contributed by atoms with Crippen LogP contribution in [0.3, 0.4) is 0 Å². The van der Waals surface area contributed by atoms with Gasteiger partial charge in [-0.25, -0.2) is 0 Å². The molecule has 4 heterocycles. The maximum absolute atomic E-state index is 10.8. The van der Waals surface area contributed by atoms with E-state index in [2.05, 4.69) is 38.4 Å². The maximum atomic E-state index is 10.8. The van der Waals surface area contributed by atoms with E-state index < -0.39 is 5.41 Å². The van der Waals surface area contributed by atoms with Crippen LogP contribution in [0.4, 0.5) is 0 Å². The van der Waals surface area contributed by atoms with E-state index in [9.17, 15) is 15.3 Å². The van der Waals surface area contributed by atoms with E-state index in [0.717, 1.165) is 54.4 Å². The molecule has 0 bridgehead atoms. The van der Waals surface area contributed by atoms with Gasteiger partial charge in [0, 0.05) is 57.3 Å². The highest BCUT2D eigenvalue weighted by molar-refractivity contribution is 6.36. The summed E-state index contributed by atoms with van der Waals surface area (Å²) in [4.78, 5) is 3.04. The van der Waals surface area contributed by atoms with Gasteiger partial charge in [-0.15, -0.1) is 0 Å². The molecular weight excluding hydrogens is 390 g/mol. The lowest BCUT2D eigenvalue weighted by Gasteiger charge is -2.30. The lowest BCUT2D eigenvalue weighted by atomic mass is 9.89. The minimum Gasteiger partial charge on any atom is -0.494 e. The van der Waals surface area contributed by atoms with Crippen molar-refractivity contribution in [3.05, 3.63) is 54.7 Å². The topological polar surface area (TPSA) is 86.3 Å². The Morgan fingerprint density at radius 1 is 0.742 bits per heavy atom. The Morgan fingerprint density at radius 2 is 1.29 bits per heavy atom. The molecule has 6 nitrogen and oxygen atoms in total. The summed E-state index contributed by atoms with van der Waals surface area (Å²) in [5.74, 6) is 0.163. The lowest BCUT2D eigenvalue weighted by molar-refractivity contribution is 0.0301. The second-order valence-corrected chi connectivity index (χ2v) is 8.90. The molecular formula is C25H21N3O3. The molecule has 154 valence electrons. The molecule has 31 heavy (non-hydrogen) atoms. The summed E-state index contributed by atoms with van der Waals surface area (Å²) in [6.07, 6.45) is 1.89. The molecule has 1 aliphatic heterocycles. The quantitative estimate of drug-likeness (QED) is 0.346. The van der Waals surface area contributed by atoms with Crippen molar-refractivity contribution in [1.82, 2.24) is 14.1 Å². The standard InChI is InChI=1S/C25H21N3O3/c29-12-25(13-30)10-27-17-7-3-1-5-14(17)19-16-9-26-24(31)21(16)20-15-6-2-4-8-18(15)28(11-25)23(20)22(19)27/h1-9,26,29-31H,10-13H2. The summed E-state index contributed by atoms with van der Waals surface area (Å²) >= 11 is 0. The number of nitrogens with one attached hydrogen (secondary N) is 1. The molecule has 4 N–H and O–H groups in total. The molecule has 0 aliphatic carbocycles. The summed E-state index contributed by atoms with van der Waals surface area (Å²) < 4.78 is 4.49. The second-order valence-electron chi connectivity index (χ2n) is 8.90. The van der Waals surface area contributed by atoms with Gasteiger partial charge in [0.15, 0.2) is 5.88 Å². The van der Waals surface area contributed by atoms with Gasteiger partial charge in [-0.1, -0.05) is 36.4 Å². The average molecular weight is 411 g/mol. The van der Waals surface area contributed by atoms with Gasteiger partial charge in [-0.2, -0.15) is 0 Å². The first-order valence-corrected chi connectivity index (χ1v) is 10.5. The Labute approximate surface area is 176 Å². The second kappa shape index (κ2) is 5.60. The number of hydrogen-bond donors (Lipinski definition) is 4. The Hall–Kier alpha value is -3.48. The van der Waals surface area contributed by atoms with Crippen LogP contribution >= 0.6 is 0 Å². The minimum absolute atomic E-state index is 0.121. The van der Waals surface area contributed by atoms with Crippen molar-refractivity contribution in [2.75, 3.05) is 13.2 Å². The number of aromatic amines is 1. The lowest BCUT2D eigenvalue weighted by Crippen LogP contribution is -2.37. The van der Waals surface area contributed by atoms with Crippen molar-refractivity contribution in [3.8, 4) is 5.88 Å². The molecule has 0 amide bonds. The van der Waals surface area contributed by atoms with Gasteiger partial charge in [0.05, 0.1) is 35.0 Å². The zero-order valence-electron chi connectivity index (χ0n) is 16.8. The Bertz CT molecular complexity index is 1680. The molecule has 7 rings (SSSR count). The van der Waals surface area contributed by atoms with Gasteiger partial charge in [-0.3, -0.25) is 0 Å². The van der Waals surface area contributed by atoms with Crippen LogP contribution < -0.4 is 0 Å². The molecule has 3 aromatic heterocycles. The van der Waals surface area contributed by atoms with Crippen molar-refractivity contribution in [3.63, 3.8) is 0 Å². The van der Waals surface area contributed by atoms with Crippen molar-refractivity contribution in [2.45, 2.75) is 13.1 Å². The van der Waals surface area contributed by atoms with Gasteiger partial charge >= 0.3 is 0 Å².